The minimum Gasteiger partial charge on any atom is -0.375 e. The Hall–Kier alpha value is -1.10. The molecule has 1 aliphatic rings. The quantitative estimate of drug-likeness (QED) is 0.943. The minimum atomic E-state index is 0. The molecule has 1 aromatic heterocycles. The highest BCUT2D eigenvalue weighted by atomic mass is 35.5. The van der Waals surface area contributed by atoms with Crippen molar-refractivity contribution in [2.75, 3.05) is 18.8 Å². The van der Waals surface area contributed by atoms with Crippen LogP contribution in [0.1, 0.15) is 29.2 Å². The van der Waals surface area contributed by atoms with Crippen LogP contribution in [0.3, 0.4) is 0 Å². The smallest absolute Gasteiger partial charge is 0.180 e. The molecule has 2 aromatic rings. The molecule has 0 atom stereocenters. The fourth-order valence-corrected chi connectivity index (χ4v) is 3.49. The normalized spacial score (nSPS) is 16.8. The number of hydrogen-bond donors (Lipinski definition) is 1. The summed E-state index contributed by atoms with van der Waals surface area (Å²) in [7, 11) is 0. The fourth-order valence-electron chi connectivity index (χ4n) is 2.77. The van der Waals surface area contributed by atoms with Crippen LogP contribution < -0.4 is 5.73 Å². The Bertz CT molecular complexity index is 521. The zero-order chi connectivity index (χ0) is 13.1. The zero-order valence-corrected chi connectivity index (χ0v) is 13.0. The van der Waals surface area contributed by atoms with Crippen LogP contribution in [-0.4, -0.2) is 23.0 Å². The predicted octanol–water partition coefficient (Wildman–Crippen LogP) is 3.53. The summed E-state index contributed by atoms with van der Waals surface area (Å²) in [6, 6.07) is 10.9. The standard InChI is InChI=1S/C15H19N3S.ClH/c16-15-17-10-14(19-15)11-18-8-6-13(7-9-18)12-4-2-1-3-5-12;/h1-5,10,13H,6-9,11H2,(H2,16,17);1H. The Balaban J connectivity index is 0.00000147. The summed E-state index contributed by atoms with van der Waals surface area (Å²) in [5.41, 5.74) is 7.16. The fraction of sp³-hybridized carbons (Fsp3) is 0.400. The van der Waals surface area contributed by atoms with Crippen molar-refractivity contribution in [3.8, 4) is 0 Å². The number of rotatable bonds is 3. The maximum Gasteiger partial charge on any atom is 0.180 e. The van der Waals surface area contributed by atoms with Crippen LogP contribution in [-0.2, 0) is 6.54 Å². The molecule has 1 fully saturated rings. The predicted molar refractivity (Wildman–Crippen MR) is 87.5 cm³/mol. The van der Waals surface area contributed by atoms with Gasteiger partial charge in [0.15, 0.2) is 5.13 Å². The number of benzene rings is 1. The van der Waals surface area contributed by atoms with Crippen LogP contribution in [0.15, 0.2) is 36.5 Å². The van der Waals surface area contributed by atoms with Gasteiger partial charge in [-0.25, -0.2) is 4.98 Å². The van der Waals surface area contributed by atoms with Crippen molar-refractivity contribution in [3.05, 3.63) is 47.0 Å². The third-order valence-corrected chi connectivity index (χ3v) is 4.62. The first kappa shape index (κ1) is 15.3. The molecule has 0 saturated carbocycles. The lowest BCUT2D eigenvalue weighted by molar-refractivity contribution is 0.206. The molecule has 0 amide bonds. The van der Waals surface area contributed by atoms with E-state index in [0.29, 0.717) is 5.13 Å². The summed E-state index contributed by atoms with van der Waals surface area (Å²) in [5, 5.41) is 0.675. The Kier molecular flexibility index (Phi) is 5.40. The monoisotopic (exact) mass is 309 g/mol. The van der Waals surface area contributed by atoms with Crippen LogP contribution in [0, 0.1) is 0 Å². The lowest BCUT2D eigenvalue weighted by atomic mass is 9.89. The molecule has 0 aliphatic carbocycles. The summed E-state index contributed by atoms with van der Waals surface area (Å²) in [5.74, 6) is 0.726. The molecule has 3 nitrogen and oxygen atoms in total. The number of halogens is 1. The third kappa shape index (κ3) is 3.72. The van der Waals surface area contributed by atoms with E-state index in [1.54, 1.807) is 11.3 Å². The van der Waals surface area contributed by atoms with E-state index in [1.165, 1.54) is 23.3 Å². The number of thiazole rings is 1. The molecule has 1 aliphatic heterocycles. The van der Waals surface area contributed by atoms with E-state index < -0.39 is 0 Å². The second-order valence-corrected chi connectivity index (χ2v) is 6.27. The molecule has 1 saturated heterocycles. The maximum absolute atomic E-state index is 5.67. The van der Waals surface area contributed by atoms with E-state index in [9.17, 15) is 0 Å². The van der Waals surface area contributed by atoms with E-state index in [1.807, 2.05) is 6.20 Å². The van der Waals surface area contributed by atoms with Gasteiger partial charge >= 0.3 is 0 Å². The van der Waals surface area contributed by atoms with Gasteiger partial charge in [0.25, 0.3) is 0 Å². The third-order valence-electron chi connectivity index (χ3n) is 3.81. The number of aromatic nitrogens is 1. The molecule has 0 spiro atoms. The Morgan fingerprint density at radius 3 is 2.50 bits per heavy atom. The zero-order valence-electron chi connectivity index (χ0n) is 11.4. The second-order valence-electron chi connectivity index (χ2n) is 5.13. The average molecular weight is 310 g/mol. The topological polar surface area (TPSA) is 42.1 Å². The maximum atomic E-state index is 5.67. The number of nitrogen functional groups attached to an aromatic ring is 1. The first-order valence-electron chi connectivity index (χ1n) is 6.79. The lowest BCUT2D eigenvalue weighted by Gasteiger charge is -2.31. The molecule has 0 radical (unpaired) electrons. The van der Waals surface area contributed by atoms with Crippen molar-refractivity contribution >= 4 is 28.9 Å². The molecule has 2 N–H and O–H groups in total. The van der Waals surface area contributed by atoms with Crippen LogP contribution in [0.5, 0.6) is 0 Å². The summed E-state index contributed by atoms with van der Waals surface area (Å²) >= 11 is 1.60. The molecule has 20 heavy (non-hydrogen) atoms. The van der Waals surface area contributed by atoms with Crippen molar-refractivity contribution in [2.45, 2.75) is 25.3 Å². The van der Waals surface area contributed by atoms with Crippen LogP contribution in [0.25, 0.3) is 0 Å². The summed E-state index contributed by atoms with van der Waals surface area (Å²) < 4.78 is 0. The first-order chi connectivity index (χ1) is 9.31. The summed E-state index contributed by atoms with van der Waals surface area (Å²) in [6.45, 7) is 3.32. The van der Waals surface area contributed by atoms with Gasteiger partial charge in [-0.15, -0.1) is 23.7 Å². The van der Waals surface area contributed by atoms with Gasteiger partial charge in [-0.05, 0) is 37.4 Å². The molecule has 3 rings (SSSR count). The van der Waals surface area contributed by atoms with Gasteiger partial charge in [-0.1, -0.05) is 30.3 Å². The van der Waals surface area contributed by atoms with Crippen LogP contribution >= 0.6 is 23.7 Å². The summed E-state index contributed by atoms with van der Waals surface area (Å²) in [4.78, 5) is 7.89. The molecule has 2 heterocycles. The number of piperidine rings is 1. The molecule has 1 aromatic carbocycles. The van der Waals surface area contributed by atoms with Crippen molar-refractivity contribution in [1.82, 2.24) is 9.88 Å². The molecule has 0 bridgehead atoms. The largest absolute Gasteiger partial charge is 0.375 e. The summed E-state index contributed by atoms with van der Waals surface area (Å²) in [6.07, 6.45) is 4.40. The lowest BCUT2D eigenvalue weighted by Crippen LogP contribution is -2.32. The minimum absolute atomic E-state index is 0. The average Bonchev–Trinajstić information content (AvgIpc) is 2.86. The van der Waals surface area contributed by atoms with Gasteiger partial charge in [-0.2, -0.15) is 0 Å². The molecule has 0 unspecified atom stereocenters. The van der Waals surface area contributed by atoms with E-state index in [0.717, 1.165) is 25.6 Å². The number of hydrogen-bond acceptors (Lipinski definition) is 4. The van der Waals surface area contributed by atoms with E-state index in [-0.39, 0.29) is 12.4 Å². The van der Waals surface area contributed by atoms with Gasteiger partial charge in [0.05, 0.1) is 0 Å². The SMILES string of the molecule is Cl.Nc1ncc(CN2CCC(c3ccccc3)CC2)s1. The van der Waals surface area contributed by atoms with Gasteiger partial charge in [-0.3, -0.25) is 4.90 Å². The van der Waals surface area contributed by atoms with Crippen LogP contribution in [0.4, 0.5) is 5.13 Å². The Morgan fingerprint density at radius 1 is 1.20 bits per heavy atom. The Labute approximate surface area is 130 Å². The van der Waals surface area contributed by atoms with Gasteiger partial charge < -0.3 is 5.73 Å². The highest BCUT2D eigenvalue weighted by Gasteiger charge is 2.20. The molecule has 5 heteroatoms. The molecule has 108 valence electrons. The van der Waals surface area contributed by atoms with Crippen molar-refractivity contribution in [3.63, 3.8) is 0 Å². The number of likely N-dealkylation sites (tertiary alicyclic amines) is 1. The number of anilines is 1. The molecular weight excluding hydrogens is 290 g/mol. The van der Waals surface area contributed by atoms with E-state index >= 15 is 0 Å². The second kappa shape index (κ2) is 7.07. The Morgan fingerprint density at radius 2 is 1.90 bits per heavy atom. The van der Waals surface area contributed by atoms with Crippen molar-refractivity contribution in [2.24, 2.45) is 0 Å². The van der Waals surface area contributed by atoms with Crippen molar-refractivity contribution < 1.29 is 0 Å². The first-order valence-corrected chi connectivity index (χ1v) is 7.60. The molecular formula is C15H20ClN3S. The highest BCUT2D eigenvalue weighted by Crippen LogP contribution is 2.29. The highest BCUT2D eigenvalue weighted by molar-refractivity contribution is 7.15. The van der Waals surface area contributed by atoms with E-state index in [4.69, 9.17) is 5.73 Å². The van der Waals surface area contributed by atoms with Crippen molar-refractivity contribution in [1.29, 1.82) is 0 Å². The van der Waals surface area contributed by atoms with Gasteiger partial charge in [0.1, 0.15) is 0 Å². The van der Waals surface area contributed by atoms with Gasteiger partial charge in [0.2, 0.25) is 0 Å². The number of nitrogens with zero attached hydrogens (tertiary/aromatic N) is 2. The van der Waals surface area contributed by atoms with Gasteiger partial charge in [0, 0.05) is 17.6 Å². The van der Waals surface area contributed by atoms with Crippen LogP contribution in [0.2, 0.25) is 0 Å². The number of nitrogens with two attached hydrogens (primary N) is 1. The van der Waals surface area contributed by atoms with E-state index in [2.05, 4.69) is 40.2 Å².